The maximum atomic E-state index is 8.72. The summed E-state index contributed by atoms with van der Waals surface area (Å²) in [5.74, 6) is 0. The van der Waals surface area contributed by atoms with E-state index < -0.39 is 0 Å². The first kappa shape index (κ1) is 18.4. The number of aliphatic hydroxyl groups is 1. The Labute approximate surface area is 154 Å². The zero-order valence-corrected chi connectivity index (χ0v) is 15.1. The average Bonchev–Trinajstić information content (AvgIpc) is 2.66. The number of ether oxygens (including phenoxy) is 1. The van der Waals surface area contributed by atoms with Crippen LogP contribution in [0, 0.1) is 0 Å². The molecule has 1 unspecified atom stereocenters. The second kappa shape index (κ2) is 9.32. The van der Waals surface area contributed by atoms with Gasteiger partial charge in [-0.1, -0.05) is 54.1 Å². The summed E-state index contributed by atoms with van der Waals surface area (Å²) in [6.07, 6.45) is 0. The SMILES string of the molecule is OCOCCN1CCN(C(c2ccccc2)c2ccc(Cl)cc2)CC1. The molecule has 0 radical (unpaired) electrons. The number of nitrogens with zero attached hydrogens (tertiary/aromatic N) is 2. The van der Waals surface area contributed by atoms with Crippen molar-refractivity contribution < 1.29 is 9.84 Å². The fourth-order valence-corrected chi connectivity index (χ4v) is 3.52. The first-order valence-corrected chi connectivity index (χ1v) is 9.11. The first-order chi connectivity index (χ1) is 12.3. The van der Waals surface area contributed by atoms with E-state index in [1.807, 2.05) is 12.1 Å². The molecule has 0 saturated carbocycles. The van der Waals surface area contributed by atoms with Crippen LogP contribution in [0.5, 0.6) is 0 Å². The summed E-state index contributed by atoms with van der Waals surface area (Å²) >= 11 is 6.08. The van der Waals surface area contributed by atoms with Crippen molar-refractivity contribution in [2.75, 3.05) is 46.1 Å². The molecule has 1 aliphatic rings. The molecule has 3 rings (SSSR count). The Hall–Kier alpha value is -1.43. The number of hydrogen-bond acceptors (Lipinski definition) is 4. The fourth-order valence-electron chi connectivity index (χ4n) is 3.40. The average molecular weight is 361 g/mol. The van der Waals surface area contributed by atoms with E-state index in [2.05, 4.69) is 52.3 Å². The van der Waals surface area contributed by atoms with Gasteiger partial charge in [-0.2, -0.15) is 0 Å². The molecule has 0 spiro atoms. The zero-order chi connectivity index (χ0) is 17.5. The predicted molar refractivity (Wildman–Crippen MR) is 101 cm³/mol. The number of benzene rings is 2. The van der Waals surface area contributed by atoms with Crippen LogP contribution in [0.3, 0.4) is 0 Å². The molecule has 1 saturated heterocycles. The predicted octanol–water partition coefficient (Wildman–Crippen LogP) is 3.01. The largest absolute Gasteiger partial charge is 0.371 e. The molecule has 2 aromatic rings. The number of piperazine rings is 1. The lowest BCUT2D eigenvalue weighted by molar-refractivity contribution is -0.0150. The highest BCUT2D eigenvalue weighted by Crippen LogP contribution is 2.30. The topological polar surface area (TPSA) is 35.9 Å². The Morgan fingerprint density at radius 2 is 1.56 bits per heavy atom. The number of aliphatic hydroxyl groups excluding tert-OH is 1. The van der Waals surface area contributed by atoms with E-state index >= 15 is 0 Å². The van der Waals surface area contributed by atoms with Gasteiger partial charge in [0.2, 0.25) is 0 Å². The van der Waals surface area contributed by atoms with Crippen LogP contribution < -0.4 is 0 Å². The van der Waals surface area contributed by atoms with E-state index in [-0.39, 0.29) is 12.8 Å². The maximum Gasteiger partial charge on any atom is 0.143 e. The third kappa shape index (κ3) is 5.03. The molecule has 25 heavy (non-hydrogen) atoms. The molecule has 1 fully saturated rings. The van der Waals surface area contributed by atoms with Crippen LogP contribution in [0.4, 0.5) is 0 Å². The Kier molecular flexibility index (Phi) is 6.84. The molecule has 0 aliphatic carbocycles. The summed E-state index contributed by atoms with van der Waals surface area (Å²) in [5.41, 5.74) is 2.58. The fraction of sp³-hybridized carbons (Fsp3) is 0.400. The van der Waals surface area contributed by atoms with Crippen molar-refractivity contribution in [2.24, 2.45) is 0 Å². The molecule has 0 bridgehead atoms. The molecule has 1 heterocycles. The van der Waals surface area contributed by atoms with Gasteiger partial charge in [-0.15, -0.1) is 0 Å². The van der Waals surface area contributed by atoms with E-state index in [4.69, 9.17) is 21.4 Å². The van der Waals surface area contributed by atoms with E-state index in [0.717, 1.165) is 37.7 Å². The van der Waals surface area contributed by atoms with Gasteiger partial charge in [0.1, 0.15) is 6.79 Å². The molecule has 134 valence electrons. The first-order valence-electron chi connectivity index (χ1n) is 8.73. The van der Waals surface area contributed by atoms with Crippen molar-refractivity contribution in [1.82, 2.24) is 9.80 Å². The maximum absolute atomic E-state index is 8.72. The molecule has 4 nitrogen and oxygen atoms in total. The van der Waals surface area contributed by atoms with Crippen LogP contribution in [-0.2, 0) is 4.74 Å². The summed E-state index contributed by atoms with van der Waals surface area (Å²) in [7, 11) is 0. The quantitative estimate of drug-likeness (QED) is 0.608. The Morgan fingerprint density at radius 1 is 0.920 bits per heavy atom. The molecular formula is C20H25ClN2O2. The molecule has 1 atom stereocenters. The summed E-state index contributed by atoms with van der Waals surface area (Å²) in [6.45, 7) is 5.26. The summed E-state index contributed by atoms with van der Waals surface area (Å²) < 4.78 is 5.05. The Balaban J connectivity index is 1.72. The summed E-state index contributed by atoms with van der Waals surface area (Å²) in [5, 5.41) is 9.49. The molecular weight excluding hydrogens is 336 g/mol. The van der Waals surface area contributed by atoms with Crippen LogP contribution in [-0.4, -0.2) is 61.0 Å². The standard InChI is InChI=1S/C20H25ClN2O2/c21-19-8-6-18(7-9-19)20(17-4-2-1-3-5-17)23-12-10-22(11-13-23)14-15-25-16-24/h1-9,20,24H,10-16H2. The summed E-state index contributed by atoms with van der Waals surface area (Å²) in [6, 6.07) is 19.1. The highest BCUT2D eigenvalue weighted by molar-refractivity contribution is 6.30. The molecule has 1 aliphatic heterocycles. The second-order valence-corrected chi connectivity index (χ2v) is 6.72. The van der Waals surface area contributed by atoms with Crippen molar-refractivity contribution >= 4 is 11.6 Å². The van der Waals surface area contributed by atoms with Crippen LogP contribution in [0.25, 0.3) is 0 Å². The van der Waals surface area contributed by atoms with Crippen LogP contribution >= 0.6 is 11.6 Å². The second-order valence-electron chi connectivity index (χ2n) is 6.28. The van der Waals surface area contributed by atoms with E-state index in [9.17, 15) is 0 Å². The van der Waals surface area contributed by atoms with Gasteiger partial charge in [0, 0.05) is 37.7 Å². The molecule has 5 heteroatoms. The van der Waals surface area contributed by atoms with E-state index in [1.54, 1.807) is 0 Å². The van der Waals surface area contributed by atoms with Crippen molar-refractivity contribution in [2.45, 2.75) is 6.04 Å². The minimum atomic E-state index is -0.202. The smallest absolute Gasteiger partial charge is 0.143 e. The molecule has 2 aromatic carbocycles. The highest BCUT2D eigenvalue weighted by atomic mass is 35.5. The van der Waals surface area contributed by atoms with Gasteiger partial charge in [-0.05, 0) is 23.3 Å². The minimum absolute atomic E-state index is 0.202. The lowest BCUT2D eigenvalue weighted by atomic mass is 9.96. The Morgan fingerprint density at radius 3 is 2.20 bits per heavy atom. The van der Waals surface area contributed by atoms with Gasteiger partial charge >= 0.3 is 0 Å². The van der Waals surface area contributed by atoms with E-state index in [1.165, 1.54) is 11.1 Å². The molecule has 0 amide bonds. The molecule has 1 N–H and O–H groups in total. The third-order valence-corrected chi connectivity index (χ3v) is 4.97. The van der Waals surface area contributed by atoms with Gasteiger partial charge in [0.05, 0.1) is 12.6 Å². The zero-order valence-electron chi connectivity index (χ0n) is 14.4. The van der Waals surface area contributed by atoms with Gasteiger partial charge in [-0.25, -0.2) is 0 Å². The van der Waals surface area contributed by atoms with Gasteiger partial charge in [0.25, 0.3) is 0 Å². The number of hydrogen-bond donors (Lipinski definition) is 1. The van der Waals surface area contributed by atoms with Crippen LogP contribution in [0.15, 0.2) is 54.6 Å². The summed E-state index contributed by atoms with van der Waals surface area (Å²) in [4.78, 5) is 4.91. The number of halogens is 1. The van der Waals surface area contributed by atoms with Crippen molar-refractivity contribution in [1.29, 1.82) is 0 Å². The van der Waals surface area contributed by atoms with Crippen LogP contribution in [0.2, 0.25) is 5.02 Å². The normalized spacial score (nSPS) is 17.5. The van der Waals surface area contributed by atoms with Gasteiger partial charge in [0.15, 0.2) is 0 Å². The van der Waals surface area contributed by atoms with E-state index in [0.29, 0.717) is 6.61 Å². The third-order valence-electron chi connectivity index (χ3n) is 4.72. The minimum Gasteiger partial charge on any atom is -0.371 e. The Bertz CT molecular complexity index is 628. The monoisotopic (exact) mass is 360 g/mol. The highest BCUT2D eigenvalue weighted by Gasteiger charge is 2.26. The lowest BCUT2D eigenvalue weighted by Crippen LogP contribution is -2.48. The molecule has 0 aromatic heterocycles. The van der Waals surface area contributed by atoms with Gasteiger partial charge < -0.3 is 9.84 Å². The number of rotatable bonds is 7. The van der Waals surface area contributed by atoms with Crippen molar-refractivity contribution in [3.05, 3.63) is 70.7 Å². The van der Waals surface area contributed by atoms with Crippen LogP contribution in [0.1, 0.15) is 17.2 Å². The van der Waals surface area contributed by atoms with Crippen molar-refractivity contribution in [3.63, 3.8) is 0 Å². The lowest BCUT2D eigenvalue weighted by Gasteiger charge is -2.39. The van der Waals surface area contributed by atoms with Gasteiger partial charge in [-0.3, -0.25) is 9.80 Å². The van der Waals surface area contributed by atoms with Crippen molar-refractivity contribution in [3.8, 4) is 0 Å².